The Morgan fingerprint density at radius 2 is 1.88 bits per heavy atom. The predicted octanol–water partition coefficient (Wildman–Crippen LogP) is 4.96. The minimum absolute atomic E-state index is 0.307. The lowest BCUT2D eigenvalue weighted by Crippen LogP contribution is -2.34. The summed E-state index contributed by atoms with van der Waals surface area (Å²) in [7, 11) is 0. The molecule has 0 saturated carbocycles. The Morgan fingerprint density at radius 1 is 1.03 bits per heavy atom. The number of nitrogens with one attached hydrogen (secondary N) is 3. The maximum absolute atomic E-state index is 9.34. The number of H-pyrrole nitrogens is 1. The smallest absolute Gasteiger partial charge is 0.229 e. The van der Waals surface area contributed by atoms with Gasteiger partial charge in [0.2, 0.25) is 5.95 Å². The van der Waals surface area contributed by atoms with Crippen molar-refractivity contribution in [3.63, 3.8) is 0 Å². The molecule has 0 unspecified atom stereocenters. The first-order chi connectivity index (χ1) is 16.1. The Balaban J connectivity index is 1.24. The molecule has 0 bridgehead atoms. The van der Waals surface area contributed by atoms with Gasteiger partial charge in [0.25, 0.3) is 0 Å². The van der Waals surface area contributed by atoms with Crippen molar-refractivity contribution in [3.05, 3.63) is 72.1 Å². The number of aliphatic hydroxyl groups is 1. The molecule has 0 amide bonds. The molecule has 7 heteroatoms. The second kappa shape index (κ2) is 9.60. The van der Waals surface area contributed by atoms with Gasteiger partial charge in [-0.2, -0.15) is 4.98 Å². The van der Waals surface area contributed by atoms with Crippen LogP contribution in [0.15, 0.2) is 60.8 Å². The minimum Gasteiger partial charge on any atom is -0.396 e. The van der Waals surface area contributed by atoms with E-state index in [1.165, 1.54) is 10.9 Å². The highest BCUT2D eigenvalue weighted by molar-refractivity contribution is 5.84. The Labute approximate surface area is 193 Å². The molecule has 1 aliphatic rings. The fraction of sp³-hybridized carbons (Fsp3) is 0.308. The van der Waals surface area contributed by atoms with Crippen molar-refractivity contribution in [2.75, 3.05) is 30.3 Å². The van der Waals surface area contributed by atoms with Crippen LogP contribution in [0, 0.1) is 12.8 Å². The van der Waals surface area contributed by atoms with E-state index in [1.54, 1.807) is 6.20 Å². The molecule has 0 radical (unpaired) electrons. The number of likely N-dealkylation sites (tertiary alicyclic amines) is 1. The first-order valence-electron chi connectivity index (χ1n) is 11.5. The zero-order valence-corrected chi connectivity index (χ0v) is 18.9. The van der Waals surface area contributed by atoms with Crippen molar-refractivity contribution < 1.29 is 5.11 Å². The summed E-state index contributed by atoms with van der Waals surface area (Å²) >= 11 is 0. The summed E-state index contributed by atoms with van der Waals surface area (Å²) in [5.74, 6) is 1.75. The molecule has 0 atom stereocenters. The lowest BCUT2D eigenvalue weighted by atomic mass is 9.97. The van der Waals surface area contributed by atoms with Crippen molar-refractivity contribution in [1.82, 2.24) is 19.9 Å². The Hall–Kier alpha value is -3.42. The van der Waals surface area contributed by atoms with Crippen LogP contribution in [0.2, 0.25) is 0 Å². The number of piperidine rings is 1. The monoisotopic (exact) mass is 442 g/mol. The summed E-state index contributed by atoms with van der Waals surface area (Å²) in [6, 6.07) is 18.6. The third-order valence-corrected chi connectivity index (χ3v) is 6.24. The zero-order valence-electron chi connectivity index (χ0n) is 18.9. The van der Waals surface area contributed by atoms with E-state index < -0.39 is 0 Å². The van der Waals surface area contributed by atoms with E-state index in [1.807, 2.05) is 18.2 Å². The SMILES string of the molecule is Cc1cc2cc(Nc3ccnc(Nc4cccc(CN5CCC(CO)CC5)c4)n3)ccc2[nH]1. The maximum Gasteiger partial charge on any atom is 0.229 e. The predicted molar refractivity (Wildman–Crippen MR) is 133 cm³/mol. The molecule has 7 nitrogen and oxygen atoms in total. The number of hydrogen-bond donors (Lipinski definition) is 4. The van der Waals surface area contributed by atoms with Crippen LogP contribution in [0.5, 0.6) is 0 Å². The van der Waals surface area contributed by atoms with Gasteiger partial charge in [0.05, 0.1) is 0 Å². The van der Waals surface area contributed by atoms with Crippen LogP contribution >= 0.6 is 0 Å². The number of aromatic nitrogens is 3. The molecule has 4 N–H and O–H groups in total. The molecule has 1 aliphatic heterocycles. The van der Waals surface area contributed by atoms with Gasteiger partial charge >= 0.3 is 0 Å². The summed E-state index contributed by atoms with van der Waals surface area (Å²) < 4.78 is 0. The first kappa shape index (κ1) is 21.4. The molecular formula is C26H30N6O. The highest BCUT2D eigenvalue weighted by atomic mass is 16.3. The summed E-state index contributed by atoms with van der Waals surface area (Å²) in [6.07, 6.45) is 3.89. The number of rotatable bonds is 7. The number of anilines is 4. The molecule has 2 aromatic heterocycles. The van der Waals surface area contributed by atoms with Crippen molar-refractivity contribution >= 4 is 34.0 Å². The van der Waals surface area contributed by atoms with E-state index >= 15 is 0 Å². The van der Waals surface area contributed by atoms with Crippen LogP contribution in [-0.4, -0.2) is 44.7 Å². The Bertz CT molecular complexity index is 1230. The molecular weight excluding hydrogens is 412 g/mol. The molecule has 170 valence electrons. The molecule has 33 heavy (non-hydrogen) atoms. The van der Waals surface area contributed by atoms with E-state index in [9.17, 15) is 5.11 Å². The van der Waals surface area contributed by atoms with Gasteiger partial charge in [0, 0.05) is 47.3 Å². The van der Waals surface area contributed by atoms with Gasteiger partial charge in [-0.25, -0.2) is 4.98 Å². The van der Waals surface area contributed by atoms with Crippen molar-refractivity contribution in [1.29, 1.82) is 0 Å². The van der Waals surface area contributed by atoms with Crippen LogP contribution in [-0.2, 0) is 6.54 Å². The number of hydrogen-bond acceptors (Lipinski definition) is 6. The molecule has 1 saturated heterocycles. The van der Waals surface area contributed by atoms with Crippen LogP contribution in [0.25, 0.3) is 10.9 Å². The van der Waals surface area contributed by atoms with Crippen molar-refractivity contribution in [3.8, 4) is 0 Å². The van der Waals surface area contributed by atoms with Gasteiger partial charge in [-0.05, 0) is 86.8 Å². The lowest BCUT2D eigenvalue weighted by Gasteiger charge is -2.31. The van der Waals surface area contributed by atoms with E-state index in [2.05, 4.69) is 73.8 Å². The standard InChI is InChI=1S/C26H30N6O/c1-18-13-21-15-23(5-6-24(21)28-18)29-25-7-10-27-26(31-25)30-22-4-2-3-20(14-22)16-32-11-8-19(17-33)9-12-32/h2-7,10,13-15,19,28,33H,8-9,11-12,16-17H2,1H3,(H2,27,29,30,31). The minimum atomic E-state index is 0.307. The van der Waals surface area contributed by atoms with Crippen LogP contribution in [0.1, 0.15) is 24.1 Å². The van der Waals surface area contributed by atoms with Gasteiger partial charge in [-0.1, -0.05) is 12.1 Å². The number of aromatic amines is 1. The summed E-state index contributed by atoms with van der Waals surface area (Å²) in [5, 5.41) is 17.2. The highest BCUT2D eigenvalue weighted by Gasteiger charge is 2.18. The van der Waals surface area contributed by atoms with Gasteiger partial charge in [0.15, 0.2) is 0 Å². The molecule has 4 aromatic rings. The number of aliphatic hydroxyl groups excluding tert-OH is 1. The number of fused-ring (bicyclic) bond motifs is 1. The number of nitrogens with zero attached hydrogens (tertiary/aromatic N) is 3. The quantitative estimate of drug-likeness (QED) is 0.324. The van der Waals surface area contributed by atoms with E-state index in [4.69, 9.17) is 0 Å². The third-order valence-electron chi connectivity index (χ3n) is 6.24. The van der Waals surface area contributed by atoms with Gasteiger partial charge in [0.1, 0.15) is 5.82 Å². The molecule has 0 spiro atoms. The number of aryl methyl sites for hydroxylation is 1. The van der Waals surface area contributed by atoms with E-state index in [0.717, 1.165) is 60.9 Å². The van der Waals surface area contributed by atoms with Crippen molar-refractivity contribution in [2.24, 2.45) is 5.92 Å². The second-order valence-electron chi connectivity index (χ2n) is 8.87. The largest absolute Gasteiger partial charge is 0.396 e. The average molecular weight is 443 g/mol. The summed E-state index contributed by atoms with van der Waals surface area (Å²) in [5.41, 5.74) is 5.48. The molecule has 3 heterocycles. The molecule has 1 fully saturated rings. The maximum atomic E-state index is 9.34. The summed E-state index contributed by atoms with van der Waals surface area (Å²) in [4.78, 5) is 14.8. The van der Waals surface area contributed by atoms with E-state index in [0.29, 0.717) is 18.5 Å². The molecule has 2 aromatic carbocycles. The number of benzene rings is 2. The topological polar surface area (TPSA) is 89.1 Å². The van der Waals surface area contributed by atoms with Crippen LogP contribution in [0.4, 0.5) is 23.1 Å². The lowest BCUT2D eigenvalue weighted by molar-refractivity contribution is 0.127. The first-order valence-corrected chi connectivity index (χ1v) is 11.5. The Kier molecular flexibility index (Phi) is 6.24. The van der Waals surface area contributed by atoms with E-state index in [-0.39, 0.29) is 0 Å². The Morgan fingerprint density at radius 3 is 2.73 bits per heavy atom. The highest BCUT2D eigenvalue weighted by Crippen LogP contribution is 2.24. The average Bonchev–Trinajstić information content (AvgIpc) is 3.19. The van der Waals surface area contributed by atoms with Gasteiger partial charge in [-0.15, -0.1) is 0 Å². The molecule has 5 rings (SSSR count). The van der Waals surface area contributed by atoms with Gasteiger partial charge in [-0.3, -0.25) is 4.90 Å². The van der Waals surface area contributed by atoms with Gasteiger partial charge < -0.3 is 20.7 Å². The third kappa shape index (κ3) is 5.32. The zero-order chi connectivity index (χ0) is 22.6. The normalized spacial score (nSPS) is 15.1. The second-order valence-corrected chi connectivity index (χ2v) is 8.87. The van der Waals surface area contributed by atoms with Crippen LogP contribution in [0.3, 0.4) is 0 Å². The van der Waals surface area contributed by atoms with Crippen molar-refractivity contribution in [2.45, 2.75) is 26.3 Å². The molecule has 0 aliphatic carbocycles. The fourth-order valence-electron chi connectivity index (χ4n) is 4.45. The van der Waals surface area contributed by atoms with Crippen LogP contribution < -0.4 is 10.6 Å². The fourth-order valence-corrected chi connectivity index (χ4v) is 4.45. The summed E-state index contributed by atoms with van der Waals surface area (Å²) in [6.45, 7) is 5.35.